The van der Waals surface area contributed by atoms with Gasteiger partial charge >= 0.3 is 12.3 Å². The molecule has 7 heteroatoms. The quantitative estimate of drug-likeness (QED) is 0.296. The summed E-state index contributed by atoms with van der Waals surface area (Å²) in [6, 6.07) is 0. The Balaban J connectivity index is 2.84. The van der Waals surface area contributed by atoms with Gasteiger partial charge in [-0.1, -0.05) is 53.4 Å². The number of hydrogen-bond acceptors (Lipinski definition) is 7. The van der Waals surface area contributed by atoms with E-state index in [4.69, 9.17) is 19.2 Å². The van der Waals surface area contributed by atoms with Crippen LogP contribution in [0.3, 0.4) is 0 Å². The van der Waals surface area contributed by atoms with Crippen molar-refractivity contribution < 1.29 is 33.6 Å². The lowest BCUT2D eigenvalue weighted by Gasteiger charge is -2.27. The maximum absolute atomic E-state index is 11.7. The van der Waals surface area contributed by atoms with E-state index in [-0.39, 0.29) is 11.8 Å². The van der Waals surface area contributed by atoms with Gasteiger partial charge in [0.1, 0.15) is 0 Å². The van der Waals surface area contributed by atoms with E-state index >= 15 is 0 Å². The van der Waals surface area contributed by atoms with Crippen LogP contribution in [0.15, 0.2) is 0 Å². The third-order valence-electron chi connectivity index (χ3n) is 4.51. The van der Waals surface area contributed by atoms with Crippen LogP contribution in [0.1, 0.15) is 79.1 Å². The van der Waals surface area contributed by atoms with Crippen LogP contribution in [0.25, 0.3) is 0 Å². The summed E-state index contributed by atoms with van der Waals surface area (Å²) >= 11 is 0. The van der Waals surface area contributed by atoms with Crippen molar-refractivity contribution in [3.63, 3.8) is 0 Å². The summed E-state index contributed by atoms with van der Waals surface area (Å²) in [6.07, 6.45) is 3.01. The average Bonchev–Trinajstić information content (AvgIpc) is 2.65. The minimum absolute atomic E-state index is 0.0444. The zero-order valence-corrected chi connectivity index (χ0v) is 15.8. The number of hydrogen-bond donors (Lipinski definition) is 0. The Labute approximate surface area is 150 Å². The van der Waals surface area contributed by atoms with Crippen LogP contribution in [0.4, 0.5) is 9.59 Å². The Kier molecular flexibility index (Phi) is 10.5. The Hall–Kier alpha value is -1.34. The van der Waals surface area contributed by atoms with Crippen LogP contribution in [-0.2, 0) is 24.0 Å². The number of carbonyl (C=O) groups is 2. The predicted molar refractivity (Wildman–Crippen MR) is 90.4 cm³/mol. The smallest absolute Gasteiger partial charge is 0.401 e. The monoisotopic (exact) mass is 360 g/mol. The SMILES string of the molecule is CCCCC(CC)C1OOC(C(CC)CCCC)OC(=O)OC(=O)O1. The minimum atomic E-state index is -1.13. The lowest BCUT2D eigenvalue weighted by atomic mass is 9.98. The van der Waals surface area contributed by atoms with E-state index in [2.05, 4.69) is 18.6 Å². The van der Waals surface area contributed by atoms with Crippen LogP contribution in [0.2, 0.25) is 0 Å². The number of rotatable bonds is 10. The van der Waals surface area contributed by atoms with Crippen molar-refractivity contribution in [1.82, 2.24) is 0 Å². The second-order valence-corrected chi connectivity index (χ2v) is 6.39. The largest absolute Gasteiger partial charge is 0.521 e. The van der Waals surface area contributed by atoms with Gasteiger partial charge in [-0.2, -0.15) is 9.78 Å². The molecule has 0 aromatic rings. The topological polar surface area (TPSA) is 80.3 Å². The first-order valence-corrected chi connectivity index (χ1v) is 9.46. The lowest BCUT2D eigenvalue weighted by molar-refractivity contribution is -0.434. The normalized spacial score (nSPS) is 24.2. The molecule has 0 radical (unpaired) electrons. The number of cyclic esters (lactones) is 4. The molecule has 1 fully saturated rings. The molecule has 0 aromatic heterocycles. The Morgan fingerprint density at radius 2 is 1.16 bits per heavy atom. The van der Waals surface area contributed by atoms with Gasteiger partial charge in [0, 0.05) is 11.8 Å². The summed E-state index contributed by atoms with van der Waals surface area (Å²) in [5.74, 6) is -0.0888. The minimum Gasteiger partial charge on any atom is -0.401 e. The molecule has 1 saturated heterocycles. The van der Waals surface area contributed by atoms with E-state index in [9.17, 15) is 9.59 Å². The van der Waals surface area contributed by atoms with E-state index in [1.54, 1.807) is 0 Å². The predicted octanol–water partition coefficient (Wildman–Crippen LogP) is 5.32. The molecule has 0 N–H and O–H groups in total. The fourth-order valence-corrected chi connectivity index (χ4v) is 2.80. The zero-order chi connectivity index (χ0) is 18.7. The van der Waals surface area contributed by atoms with Crippen LogP contribution in [0.5, 0.6) is 0 Å². The van der Waals surface area contributed by atoms with Gasteiger partial charge in [0.2, 0.25) is 12.6 Å². The maximum atomic E-state index is 11.7. The highest BCUT2D eigenvalue weighted by Gasteiger charge is 2.35. The van der Waals surface area contributed by atoms with Gasteiger partial charge in [-0.15, -0.1) is 0 Å². The van der Waals surface area contributed by atoms with Gasteiger partial charge in [-0.25, -0.2) is 9.59 Å². The molecule has 1 rings (SSSR count). The van der Waals surface area contributed by atoms with Gasteiger partial charge in [0.15, 0.2) is 0 Å². The maximum Gasteiger partial charge on any atom is 0.521 e. The van der Waals surface area contributed by atoms with Crippen molar-refractivity contribution in [2.75, 3.05) is 0 Å². The van der Waals surface area contributed by atoms with Crippen molar-refractivity contribution in [3.8, 4) is 0 Å². The van der Waals surface area contributed by atoms with Crippen molar-refractivity contribution in [2.45, 2.75) is 91.6 Å². The zero-order valence-electron chi connectivity index (χ0n) is 15.8. The van der Waals surface area contributed by atoms with Crippen molar-refractivity contribution in [1.29, 1.82) is 0 Å². The summed E-state index contributed by atoms with van der Waals surface area (Å²) in [4.78, 5) is 34.3. The first-order valence-electron chi connectivity index (χ1n) is 9.46. The fourth-order valence-electron chi connectivity index (χ4n) is 2.80. The van der Waals surface area contributed by atoms with E-state index < -0.39 is 24.9 Å². The second-order valence-electron chi connectivity index (χ2n) is 6.39. The van der Waals surface area contributed by atoms with Crippen molar-refractivity contribution >= 4 is 12.3 Å². The molecule has 0 aliphatic carbocycles. The number of ether oxygens (including phenoxy) is 3. The van der Waals surface area contributed by atoms with Gasteiger partial charge in [0.25, 0.3) is 0 Å². The fraction of sp³-hybridized carbons (Fsp3) is 0.889. The molecule has 0 saturated carbocycles. The summed E-state index contributed by atoms with van der Waals surface area (Å²) in [6.45, 7) is 8.15. The summed E-state index contributed by atoms with van der Waals surface area (Å²) < 4.78 is 14.8. The van der Waals surface area contributed by atoms with Crippen LogP contribution >= 0.6 is 0 Å². The first-order chi connectivity index (χ1) is 12.0. The Morgan fingerprint density at radius 1 is 0.760 bits per heavy atom. The van der Waals surface area contributed by atoms with Gasteiger partial charge in [0.05, 0.1) is 0 Å². The molecule has 0 aromatic carbocycles. The summed E-state index contributed by atoms with van der Waals surface area (Å²) in [7, 11) is 0. The molecule has 25 heavy (non-hydrogen) atoms. The highest BCUT2D eigenvalue weighted by atomic mass is 17.3. The second kappa shape index (κ2) is 12.1. The third kappa shape index (κ3) is 7.61. The first kappa shape index (κ1) is 21.7. The molecule has 0 amide bonds. The highest BCUT2D eigenvalue weighted by molar-refractivity contribution is 5.77. The Bertz CT molecular complexity index is 363. The molecular weight excluding hydrogens is 328 g/mol. The number of unbranched alkanes of at least 4 members (excludes halogenated alkanes) is 2. The molecule has 1 heterocycles. The lowest BCUT2D eigenvalue weighted by Crippen LogP contribution is -2.33. The average molecular weight is 360 g/mol. The van der Waals surface area contributed by atoms with Crippen molar-refractivity contribution in [3.05, 3.63) is 0 Å². The van der Waals surface area contributed by atoms with E-state index in [1.165, 1.54) is 0 Å². The number of carbonyl (C=O) groups excluding carboxylic acids is 2. The van der Waals surface area contributed by atoms with Crippen LogP contribution < -0.4 is 0 Å². The third-order valence-corrected chi connectivity index (χ3v) is 4.51. The van der Waals surface area contributed by atoms with Gasteiger partial charge in [-0.3, -0.25) is 0 Å². The van der Waals surface area contributed by atoms with Crippen molar-refractivity contribution in [2.24, 2.45) is 11.8 Å². The molecule has 0 spiro atoms. The summed E-state index contributed by atoms with van der Waals surface area (Å²) in [5.41, 5.74) is 0. The molecule has 146 valence electrons. The van der Waals surface area contributed by atoms with E-state index in [0.717, 1.165) is 51.4 Å². The van der Waals surface area contributed by atoms with Gasteiger partial charge in [-0.05, 0) is 25.7 Å². The van der Waals surface area contributed by atoms with E-state index in [1.807, 2.05) is 13.8 Å². The van der Waals surface area contributed by atoms with Crippen LogP contribution in [0, 0.1) is 11.8 Å². The standard InChI is InChI=1S/C18H32O7/c1-5-9-11-13(7-3)15-21-17(19)23-18(20)22-16(25-24-15)14(8-4)12-10-6-2/h13-16H,5-12H2,1-4H3. The molecule has 4 atom stereocenters. The molecule has 1 aliphatic rings. The Morgan fingerprint density at radius 3 is 1.48 bits per heavy atom. The highest BCUT2D eigenvalue weighted by Crippen LogP contribution is 2.27. The van der Waals surface area contributed by atoms with E-state index in [0.29, 0.717) is 0 Å². The summed E-state index contributed by atoms with van der Waals surface area (Å²) in [5, 5.41) is 0. The molecule has 4 unspecified atom stereocenters. The molecule has 1 aliphatic heterocycles. The molecule has 7 nitrogen and oxygen atoms in total. The molecular formula is C18H32O7. The molecule has 0 bridgehead atoms. The van der Waals surface area contributed by atoms with Gasteiger partial charge < -0.3 is 14.2 Å². The van der Waals surface area contributed by atoms with Crippen LogP contribution in [-0.4, -0.2) is 24.9 Å².